The summed E-state index contributed by atoms with van der Waals surface area (Å²) in [4.78, 5) is 12.9. The molecular weight excluding hydrogens is 456 g/mol. The highest BCUT2D eigenvalue weighted by molar-refractivity contribution is 5.91. The third-order valence-corrected chi connectivity index (χ3v) is 7.16. The van der Waals surface area contributed by atoms with Gasteiger partial charge in [0.2, 0.25) is 0 Å². The van der Waals surface area contributed by atoms with Crippen LogP contribution in [0.25, 0.3) is 11.1 Å². The van der Waals surface area contributed by atoms with E-state index in [4.69, 9.17) is 9.47 Å². The van der Waals surface area contributed by atoms with Gasteiger partial charge in [-0.15, -0.1) is 0 Å². The lowest BCUT2D eigenvalue weighted by atomic mass is 10.0. The summed E-state index contributed by atoms with van der Waals surface area (Å²) >= 11 is 0. The van der Waals surface area contributed by atoms with Crippen molar-refractivity contribution in [2.24, 2.45) is 0 Å². The van der Waals surface area contributed by atoms with Crippen LogP contribution in [0.5, 0.6) is 5.75 Å². The van der Waals surface area contributed by atoms with Crippen molar-refractivity contribution in [3.8, 4) is 16.9 Å². The van der Waals surface area contributed by atoms with Crippen LogP contribution in [0.2, 0.25) is 0 Å². The molecule has 0 aliphatic rings. The summed E-state index contributed by atoms with van der Waals surface area (Å²) in [6.07, 6.45) is 14.2. The summed E-state index contributed by atoms with van der Waals surface area (Å²) < 4.78 is 11.2. The zero-order chi connectivity index (χ0) is 26.3. The Morgan fingerprint density at radius 1 is 0.703 bits per heavy atom. The predicted octanol–water partition coefficient (Wildman–Crippen LogP) is 9.74. The van der Waals surface area contributed by atoms with Crippen molar-refractivity contribution >= 4 is 5.97 Å². The summed E-state index contributed by atoms with van der Waals surface area (Å²) in [5, 5.41) is 0. The Labute approximate surface area is 224 Å². The van der Waals surface area contributed by atoms with Gasteiger partial charge in [-0.1, -0.05) is 119 Å². The molecule has 0 saturated heterocycles. The Bertz CT molecular complexity index is 1050. The van der Waals surface area contributed by atoms with Gasteiger partial charge in [0.15, 0.2) is 0 Å². The van der Waals surface area contributed by atoms with Crippen LogP contribution in [0.1, 0.15) is 106 Å². The molecule has 0 aliphatic heterocycles. The summed E-state index contributed by atoms with van der Waals surface area (Å²) in [6.45, 7) is 4.30. The van der Waals surface area contributed by atoms with Gasteiger partial charge in [-0.05, 0) is 60.2 Å². The lowest BCUT2D eigenvalue weighted by Gasteiger charge is -2.11. The molecule has 0 fully saturated rings. The van der Waals surface area contributed by atoms with Crippen LogP contribution in [0.15, 0.2) is 72.8 Å². The lowest BCUT2D eigenvalue weighted by molar-refractivity contribution is 0.0733. The molecule has 3 nitrogen and oxygen atoms in total. The summed E-state index contributed by atoms with van der Waals surface area (Å²) in [5.74, 6) is 0.363. The number of unbranched alkanes of at least 4 members (excludes halogenated alkanes) is 9. The van der Waals surface area contributed by atoms with Crippen LogP contribution >= 0.6 is 0 Å². The van der Waals surface area contributed by atoms with Gasteiger partial charge in [0.05, 0.1) is 11.7 Å². The van der Waals surface area contributed by atoms with Crippen LogP contribution in [0, 0.1) is 0 Å². The van der Waals surface area contributed by atoms with Gasteiger partial charge < -0.3 is 9.47 Å². The quantitative estimate of drug-likeness (QED) is 0.111. The second-order valence-electron chi connectivity index (χ2n) is 10.0. The van der Waals surface area contributed by atoms with Gasteiger partial charge in [-0.2, -0.15) is 0 Å². The minimum atomic E-state index is -0.314. The van der Waals surface area contributed by atoms with E-state index >= 15 is 0 Å². The number of rotatable bonds is 16. The molecule has 0 heterocycles. The maximum atomic E-state index is 12.9. The molecule has 0 radical (unpaired) electrons. The fraction of sp³-hybridized carbons (Fsp3) is 0.441. The standard InChI is InChI=1S/C34H44O3/c1-4-5-6-7-8-9-10-11-12-13-16-31-17-14-15-18-33(31)37-34(35)32-25-23-30(24-26-32)29-21-19-28(20-22-29)27(2)36-3/h14-15,17-27H,4-13,16H2,1-3H3. The lowest BCUT2D eigenvalue weighted by Crippen LogP contribution is -2.09. The highest BCUT2D eigenvalue weighted by atomic mass is 16.5. The van der Waals surface area contributed by atoms with E-state index in [1.165, 1.54) is 57.8 Å². The van der Waals surface area contributed by atoms with Crippen molar-refractivity contribution in [3.05, 3.63) is 89.5 Å². The van der Waals surface area contributed by atoms with Crippen LogP contribution < -0.4 is 4.74 Å². The van der Waals surface area contributed by atoms with E-state index in [0.29, 0.717) is 11.3 Å². The first-order chi connectivity index (χ1) is 18.1. The summed E-state index contributed by atoms with van der Waals surface area (Å²) in [7, 11) is 1.72. The highest BCUT2D eigenvalue weighted by Gasteiger charge is 2.12. The third-order valence-electron chi connectivity index (χ3n) is 7.16. The number of benzene rings is 3. The Hall–Kier alpha value is -2.91. The Morgan fingerprint density at radius 3 is 1.84 bits per heavy atom. The molecule has 1 atom stereocenters. The first-order valence-corrected chi connectivity index (χ1v) is 14.2. The molecule has 3 aromatic rings. The van der Waals surface area contributed by atoms with Crippen molar-refractivity contribution in [1.29, 1.82) is 0 Å². The number of esters is 1. The topological polar surface area (TPSA) is 35.5 Å². The maximum Gasteiger partial charge on any atom is 0.343 e. The van der Waals surface area contributed by atoms with E-state index in [1.807, 2.05) is 49.4 Å². The monoisotopic (exact) mass is 500 g/mol. The largest absolute Gasteiger partial charge is 0.423 e. The molecule has 0 aliphatic carbocycles. The number of carbonyl (C=O) groups is 1. The normalized spacial score (nSPS) is 11.9. The number of aryl methyl sites for hydroxylation is 1. The average Bonchev–Trinajstić information content (AvgIpc) is 2.94. The van der Waals surface area contributed by atoms with Crippen LogP contribution in [0.4, 0.5) is 0 Å². The van der Waals surface area contributed by atoms with Crippen LogP contribution in [-0.2, 0) is 11.2 Å². The number of carbonyl (C=O) groups excluding carboxylic acids is 1. The van der Waals surface area contributed by atoms with Crippen LogP contribution in [-0.4, -0.2) is 13.1 Å². The van der Waals surface area contributed by atoms with E-state index in [0.717, 1.165) is 35.1 Å². The van der Waals surface area contributed by atoms with Gasteiger partial charge in [-0.25, -0.2) is 4.79 Å². The Kier molecular flexibility index (Phi) is 12.4. The van der Waals surface area contributed by atoms with E-state index < -0.39 is 0 Å². The molecule has 0 aromatic heterocycles. The molecule has 3 rings (SSSR count). The predicted molar refractivity (Wildman–Crippen MR) is 154 cm³/mol. The van der Waals surface area contributed by atoms with Crippen molar-refractivity contribution in [2.45, 2.75) is 90.6 Å². The van der Waals surface area contributed by atoms with E-state index in [1.54, 1.807) is 7.11 Å². The molecule has 3 aromatic carbocycles. The maximum absolute atomic E-state index is 12.9. The second-order valence-corrected chi connectivity index (χ2v) is 10.0. The molecule has 37 heavy (non-hydrogen) atoms. The number of para-hydroxylation sites is 1. The van der Waals surface area contributed by atoms with Crippen molar-refractivity contribution in [3.63, 3.8) is 0 Å². The van der Waals surface area contributed by atoms with E-state index in [-0.39, 0.29) is 12.1 Å². The van der Waals surface area contributed by atoms with Crippen LogP contribution in [0.3, 0.4) is 0 Å². The van der Waals surface area contributed by atoms with Gasteiger partial charge in [-0.3, -0.25) is 0 Å². The first kappa shape index (κ1) is 28.7. The highest BCUT2D eigenvalue weighted by Crippen LogP contribution is 2.25. The number of methoxy groups -OCH3 is 1. The minimum Gasteiger partial charge on any atom is -0.423 e. The number of hydrogen-bond donors (Lipinski definition) is 0. The summed E-state index contributed by atoms with van der Waals surface area (Å²) in [6, 6.07) is 23.9. The minimum absolute atomic E-state index is 0.0687. The Balaban J connectivity index is 1.47. The molecule has 0 spiro atoms. The van der Waals surface area contributed by atoms with Gasteiger partial charge in [0.25, 0.3) is 0 Å². The second kappa shape index (κ2) is 16.0. The number of hydrogen-bond acceptors (Lipinski definition) is 3. The Morgan fingerprint density at radius 2 is 1.24 bits per heavy atom. The van der Waals surface area contributed by atoms with E-state index in [9.17, 15) is 4.79 Å². The fourth-order valence-electron chi connectivity index (χ4n) is 4.65. The third kappa shape index (κ3) is 9.48. The molecule has 0 amide bonds. The van der Waals surface area contributed by atoms with Crippen molar-refractivity contribution in [2.75, 3.05) is 7.11 Å². The van der Waals surface area contributed by atoms with Crippen molar-refractivity contribution in [1.82, 2.24) is 0 Å². The molecule has 0 N–H and O–H groups in total. The molecule has 1 unspecified atom stereocenters. The zero-order valence-electron chi connectivity index (χ0n) is 23.0. The molecule has 0 saturated carbocycles. The molecular formula is C34H44O3. The fourth-order valence-corrected chi connectivity index (χ4v) is 4.65. The SMILES string of the molecule is CCCCCCCCCCCCc1ccccc1OC(=O)c1ccc(-c2ccc(C(C)OC)cc2)cc1. The smallest absolute Gasteiger partial charge is 0.343 e. The average molecular weight is 501 g/mol. The first-order valence-electron chi connectivity index (χ1n) is 14.2. The number of ether oxygens (including phenoxy) is 2. The van der Waals surface area contributed by atoms with Gasteiger partial charge >= 0.3 is 5.97 Å². The van der Waals surface area contributed by atoms with E-state index in [2.05, 4.69) is 37.3 Å². The van der Waals surface area contributed by atoms with Gasteiger partial charge in [0, 0.05) is 7.11 Å². The molecule has 0 bridgehead atoms. The molecule has 198 valence electrons. The van der Waals surface area contributed by atoms with Crippen molar-refractivity contribution < 1.29 is 14.3 Å². The molecule has 3 heteroatoms. The zero-order valence-corrected chi connectivity index (χ0v) is 23.0. The summed E-state index contributed by atoms with van der Waals surface area (Å²) in [5.41, 5.74) is 4.98. The van der Waals surface area contributed by atoms with Gasteiger partial charge in [0.1, 0.15) is 5.75 Å².